The van der Waals surface area contributed by atoms with Crippen LogP contribution in [0, 0.1) is 11.7 Å². The van der Waals surface area contributed by atoms with E-state index in [1.165, 1.54) is 12.3 Å². The molecule has 0 saturated carbocycles. The molecule has 0 spiro atoms. The average molecular weight is 361 g/mol. The largest absolute Gasteiger partial charge is 0.447 e. The molecule has 0 saturated heterocycles. The van der Waals surface area contributed by atoms with Crippen LogP contribution in [0.4, 0.5) is 4.39 Å². The molecule has 1 amide bonds. The number of nitrogens with zero attached hydrogens (tertiary/aromatic N) is 3. The van der Waals surface area contributed by atoms with Crippen molar-refractivity contribution in [1.82, 2.24) is 14.8 Å². The lowest BCUT2D eigenvalue weighted by molar-refractivity contribution is 0.0796. The van der Waals surface area contributed by atoms with E-state index in [1.54, 1.807) is 24.1 Å². The van der Waals surface area contributed by atoms with Crippen LogP contribution in [0.25, 0.3) is 0 Å². The van der Waals surface area contributed by atoms with Crippen molar-refractivity contribution >= 4 is 5.91 Å². The molecule has 0 radical (unpaired) electrons. The number of halogens is 1. The lowest BCUT2D eigenvalue weighted by Crippen LogP contribution is -2.36. The van der Waals surface area contributed by atoms with Crippen molar-refractivity contribution < 1.29 is 13.6 Å². The maximum absolute atomic E-state index is 14.1. The van der Waals surface area contributed by atoms with Crippen LogP contribution < -0.4 is 0 Å². The molecule has 1 atom stereocenters. The highest BCUT2D eigenvalue weighted by atomic mass is 19.1. The maximum Gasteiger partial charge on any atom is 0.275 e. The van der Waals surface area contributed by atoms with Gasteiger partial charge in [0.2, 0.25) is 5.89 Å². The minimum absolute atomic E-state index is 0.167. The minimum atomic E-state index is -0.221. The van der Waals surface area contributed by atoms with Crippen LogP contribution in [0.5, 0.6) is 0 Å². The first kappa shape index (κ1) is 20.1. The van der Waals surface area contributed by atoms with Crippen LogP contribution in [-0.4, -0.2) is 40.3 Å². The molecule has 26 heavy (non-hydrogen) atoms. The molecule has 0 N–H and O–H groups in total. The molecule has 1 aromatic heterocycles. The van der Waals surface area contributed by atoms with Gasteiger partial charge in [0.1, 0.15) is 12.1 Å². The fraction of sp³-hybridized carbons (Fsp3) is 0.500. The van der Waals surface area contributed by atoms with E-state index in [4.69, 9.17) is 4.42 Å². The highest BCUT2D eigenvalue weighted by molar-refractivity contribution is 5.91. The van der Waals surface area contributed by atoms with Crippen molar-refractivity contribution in [2.24, 2.45) is 5.92 Å². The summed E-state index contributed by atoms with van der Waals surface area (Å²) in [6.45, 7) is 9.72. The van der Waals surface area contributed by atoms with Crippen molar-refractivity contribution in [2.75, 3.05) is 13.6 Å². The zero-order chi connectivity index (χ0) is 19.3. The number of rotatable bonds is 8. The zero-order valence-electron chi connectivity index (χ0n) is 16.2. The summed E-state index contributed by atoms with van der Waals surface area (Å²) in [5.41, 5.74) is 0.931. The molecule has 0 fully saturated rings. The van der Waals surface area contributed by atoms with E-state index in [2.05, 4.69) is 30.7 Å². The van der Waals surface area contributed by atoms with Gasteiger partial charge < -0.3 is 9.32 Å². The summed E-state index contributed by atoms with van der Waals surface area (Å²) in [6, 6.07) is 6.97. The Bertz CT molecular complexity index is 729. The third kappa shape index (κ3) is 4.91. The molecule has 1 heterocycles. The summed E-state index contributed by atoms with van der Waals surface area (Å²) in [5, 5.41) is 0. The highest BCUT2D eigenvalue weighted by Crippen LogP contribution is 2.19. The Morgan fingerprint density at radius 3 is 2.54 bits per heavy atom. The Morgan fingerprint density at radius 2 is 1.92 bits per heavy atom. The predicted molar refractivity (Wildman–Crippen MR) is 99.1 cm³/mol. The smallest absolute Gasteiger partial charge is 0.275 e. The van der Waals surface area contributed by atoms with Crippen molar-refractivity contribution in [2.45, 2.75) is 46.8 Å². The number of carbonyl (C=O) groups is 1. The number of amides is 1. The molecule has 6 heteroatoms. The maximum atomic E-state index is 14.1. The molecule has 2 aromatic rings. The van der Waals surface area contributed by atoms with Crippen LogP contribution in [0.3, 0.4) is 0 Å². The van der Waals surface area contributed by atoms with E-state index in [1.807, 2.05) is 13.0 Å². The van der Waals surface area contributed by atoms with E-state index in [0.717, 1.165) is 0 Å². The van der Waals surface area contributed by atoms with Crippen LogP contribution in [0.15, 0.2) is 34.9 Å². The molecule has 0 aliphatic carbocycles. The lowest BCUT2D eigenvalue weighted by atomic mass is 10.0. The topological polar surface area (TPSA) is 49.6 Å². The number of aromatic nitrogens is 1. The summed E-state index contributed by atoms with van der Waals surface area (Å²) in [4.78, 5) is 20.2. The number of carbonyl (C=O) groups excluding carboxylic acids is 1. The van der Waals surface area contributed by atoms with Crippen LogP contribution in [0.1, 0.15) is 49.6 Å². The van der Waals surface area contributed by atoms with Crippen LogP contribution in [0.2, 0.25) is 0 Å². The molecule has 0 aliphatic heterocycles. The van der Waals surface area contributed by atoms with Gasteiger partial charge in [-0.25, -0.2) is 9.37 Å². The molecule has 0 bridgehead atoms. The first-order chi connectivity index (χ1) is 12.3. The van der Waals surface area contributed by atoms with Gasteiger partial charge in [-0.15, -0.1) is 0 Å². The molecule has 2 rings (SSSR count). The van der Waals surface area contributed by atoms with Gasteiger partial charge in [-0.05, 0) is 25.8 Å². The molecular formula is C20H28FN3O2. The standard InChI is InChI=1S/C20H28FN3O2/c1-6-23(5)20(25)18-13-26-19(22-18)12-24(15(4)14(2)3)11-16-9-7-8-10-17(16)21/h7-10,13-15H,6,11-12H2,1-5H3/t15-/m1/s1. The van der Waals surface area contributed by atoms with Gasteiger partial charge in [0, 0.05) is 31.7 Å². The third-order valence-electron chi connectivity index (χ3n) is 4.80. The summed E-state index contributed by atoms with van der Waals surface area (Å²) < 4.78 is 19.6. The van der Waals surface area contributed by atoms with Crippen LogP contribution >= 0.6 is 0 Å². The van der Waals surface area contributed by atoms with Crippen molar-refractivity contribution in [3.05, 3.63) is 53.5 Å². The minimum Gasteiger partial charge on any atom is -0.447 e. The van der Waals surface area contributed by atoms with E-state index in [9.17, 15) is 9.18 Å². The van der Waals surface area contributed by atoms with Gasteiger partial charge in [0.15, 0.2) is 5.69 Å². The summed E-state index contributed by atoms with van der Waals surface area (Å²) in [5.74, 6) is 0.451. The van der Waals surface area contributed by atoms with Gasteiger partial charge in [-0.3, -0.25) is 9.69 Å². The van der Waals surface area contributed by atoms with Gasteiger partial charge in [-0.2, -0.15) is 0 Å². The second kappa shape index (κ2) is 8.94. The average Bonchev–Trinajstić information content (AvgIpc) is 3.09. The molecule has 142 valence electrons. The summed E-state index contributed by atoms with van der Waals surface area (Å²) in [6.07, 6.45) is 1.39. The number of benzene rings is 1. The van der Waals surface area contributed by atoms with Gasteiger partial charge in [0.25, 0.3) is 5.91 Å². The second-order valence-corrected chi connectivity index (χ2v) is 6.93. The summed E-state index contributed by atoms with van der Waals surface area (Å²) in [7, 11) is 1.72. The lowest BCUT2D eigenvalue weighted by Gasteiger charge is -2.30. The van der Waals surface area contributed by atoms with Crippen LogP contribution in [-0.2, 0) is 13.1 Å². The van der Waals surface area contributed by atoms with E-state index >= 15 is 0 Å². The Labute approximate surface area is 154 Å². The van der Waals surface area contributed by atoms with Crippen molar-refractivity contribution in [3.63, 3.8) is 0 Å². The molecule has 1 aromatic carbocycles. The first-order valence-electron chi connectivity index (χ1n) is 9.00. The van der Waals surface area contributed by atoms with Gasteiger partial charge in [-0.1, -0.05) is 32.0 Å². The van der Waals surface area contributed by atoms with Gasteiger partial charge in [0.05, 0.1) is 6.54 Å². The van der Waals surface area contributed by atoms with Crippen molar-refractivity contribution in [1.29, 1.82) is 0 Å². The predicted octanol–water partition coefficient (Wildman–Crippen LogP) is 3.95. The monoisotopic (exact) mass is 361 g/mol. The first-order valence-corrected chi connectivity index (χ1v) is 9.00. The molecule has 0 aliphatic rings. The van der Waals surface area contributed by atoms with E-state index in [0.29, 0.717) is 42.7 Å². The van der Waals surface area contributed by atoms with E-state index < -0.39 is 0 Å². The third-order valence-corrected chi connectivity index (χ3v) is 4.80. The number of oxazole rings is 1. The Kier molecular flexibility index (Phi) is 6.91. The molecular weight excluding hydrogens is 333 g/mol. The Hall–Kier alpha value is -2.21. The Morgan fingerprint density at radius 1 is 1.23 bits per heavy atom. The SMILES string of the molecule is CCN(C)C(=O)c1coc(CN(Cc2ccccc2F)[C@H](C)C(C)C)n1. The fourth-order valence-corrected chi connectivity index (χ4v) is 2.61. The normalized spacial score (nSPS) is 12.6. The highest BCUT2D eigenvalue weighted by Gasteiger charge is 2.22. The quantitative estimate of drug-likeness (QED) is 0.714. The second-order valence-electron chi connectivity index (χ2n) is 6.93. The number of hydrogen-bond donors (Lipinski definition) is 0. The zero-order valence-corrected chi connectivity index (χ0v) is 16.2. The Balaban J connectivity index is 2.18. The summed E-state index contributed by atoms with van der Waals surface area (Å²) >= 11 is 0. The van der Waals surface area contributed by atoms with Gasteiger partial charge >= 0.3 is 0 Å². The fourth-order valence-electron chi connectivity index (χ4n) is 2.61. The number of hydrogen-bond acceptors (Lipinski definition) is 4. The van der Waals surface area contributed by atoms with Crippen molar-refractivity contribution in [3.8, 4) is 0 Å². The molecule has 5 nitrogen and oxygen atoms in total. The molecule has 0 unspecified atom stereocenters. The van der Waals surface area contributed by atoms with E-state index in [-0.39, 0.29) is 17.8 Å².